The highest BCUT2D eigenvalue weighted by molar-refractivity contribution is 5.97. The van der Waals surface area contributed by atoms with Gasteiger partial charge in [0.2, 0.25) is 5.91 Å². The number of nitriles is 1. The normalized spacial score (nSPS) is 17.4. The van der Waals surface area contributed by atoms with Crippen LogP contribution in [0, 0.1) is 29.1 Å². The van der Waals surface area contributed by atoms with E-state index in [2.05, 4.69) is 53.6 Å². The maximum absolute atomic E-state index is 12.1. The van der Waals surface area contributed by atoms with Gasteiger partial charge in [0, 0.05) is 43.8 Å². The van der Waals surface area contributed by atoms with Crippen LogP contribution in [0.15, 0.2) is 30.6 Å². The van der Waals surface area contributed by atoms with E-state index in [-0.39, 0.29) is 17.9 Å². The molecule has 4 heterocycles. The number of nitrogens with one attached hydrogen (secondary N) is 2. The minimum absolute atomic E-state index is 0.00730. The molecule has 0 radical (unpaired) electrons. The number of carbonyl (C=O) groups excluding carboxylic acids is 1. The Morgan fingerprint density at radius 3 is 2.73 bits per heavy atom. The summed E-state index contributed by atoms with van der Waals surface area (Å²) in [6, 6.07) is 7.96. The third-order valence-corrected chi connectivity index (χ3v) is 5.88. The monoisotopic (exact) mass is 438 g/mol. The lowest BCUT2D eigenvalue weighted by Crippen LogP contribution is -2.45. The van der Waals surface area contributed by atoms with Gasteiger partial charge in [0.25, 0.3) is 0 Å². The fourth-order valence-electron chi connectivity index (χ4n) is 3.68. The lowest BCUT2D eigenvalue weighted by atomic mass is 10.0. The minimum Gasteiger partial charge on any atom is -0.371 e. The highest BCUT2D eigenvalue weighted by Gasteiger charge is 2.30. The quantitative estimate of drug-likeness (QED) is 0.583. The highest BCUT2D eigenvalue weighted by atomic mass is 16.2. The Balaban J connectivity index is 1.39. The summed E-state index contributed by atoms with van der Waals surface area (Å²) in [5, 5.41) is 24.1. The number of fused-ring (bicyclic) bond motifs is 1. The number of amides is 1. The lowest BCUT2D eigenvalue weighted by molar-refractivity contribution is -0.117. The van der Waals surface area contributed by atoms with Gasteiger partial charge in [-0.05, 0) is 42.9 Å². The number of pyridine rings is 2. The molecule has 2 N–H and O–H groups in total. The van der Waals surface area contributed by atoms with Crippen LogP contribution < -0.4 is 10.6 Å². The molecule has 1 saturated heterocycles. The molecule has 5 rings (SSSR count). The fourth-order valence-corrected chi connectivity index (χ4v) is 3.68. The zero-order valence-corrected chi connectivity index (χ0v) is 18.2. The van der Waals surface area contributed by atoms with E-state index >= 15 is 0 Å². The first-order valence-corrected chi connectivity index (χ1v) is 10.9. The van der Waals surface area contributed by atoms with Gasteiger partial charge in [0.1, 0.15) is 11.2 Å². The van der Waals surface area contributed by atoms with Crippen molar-refractivity contribution in [3.63, 3.8) is 0 Å². The Morgan fingerprint density at radius 1 is 1.18 bits per heavy atom. The summed E-state index contributed by atoms with van der Waals surface area (Å²) in [6.07, 6.45) is 6.24. The van der Waals surface area contributed by atoms with Crippen molar-refractivity contribution in [1.29, 1.82) is 5.26 Å². The SMILES string of the molecule is CNc1ncc(C#Cc2ccc(CN3CC[C@H]3C#N)cn2)c2cc(NC(=O)C3CC3)nnc12. The number of rotatable bonds is 5. The highest BCUT2D eigenvalue weighted by Crippen LogP contribution is 2.30. The van der Waals surface area contributed by atoms with Crippen molar-refractivity contribution in [2.75, 3.05) is 24.2 Å². The smallest absolute Gasteiger partial charge is 0.228 e. The van der Waals surface area contributed by atoms with Crippen molar-refractivity contribution in [2.24, 2.45) is 5.92 Å². The van der Waals surface area contributed by atoms with Crippen molar-refractivity contribution in [2.45, 2.75) is 31.8 Å². The Bertz CT molecular complexity index is 1310. The van der Waals surface area contributed by atoms with Crippen LogP contribution in [-0.2, 0) is 11.3 Å². The molecule has 1 aliphatic carbocycles. The van der Waals surface area contributed by atoms with Gasteiger partial charge in [-0.3, -0.25) is 9.69 Å². The van der Waals surface area contributed by atoms with Crippen molar-refractivity contribution in [3.8, 4) is 17.9 Å². The van der Waals surface area contributed by atoms with Crippen LogP contribution in [0.25, 0.3) is 10.9 Å². The summed E-state index contributed by atoms with van der Waals surface area (Å²) in [5.41, 5.74) is 2.94. The molecular weight excluding hydrogens is 416 g/mol. The van der Waals surface area contributed by atoms with Gasteiger partial charge in [-0.25, -0.2) is 9.97 Å². The van der Waals surface area contributed by atoms with Crippen LogP contribution in [0.5, 0.6) is 0 Å². The lowest BCUT2D eigenvalue weighted by Gasteiger charge is -2.36. The zero-order chi connectivity index (χ0) is 22.8. The first-order valence-electron chi connectivity index (χ1n) is 10.9. The van der Waals surface area contributed by atoms with Crippen molar-refractivity contribution < 1.29 is 4.79 Å². The Kier molecular flexibility index (Phi) is 5.55. The second-order valence-corrected chi connectivity index (χ2v) is 8.23. The molecule has 9 nitrogen and oxygen atoms in total. The summed E-state index contributed by atoms with van der Waals surface area (Å²) in [7, 11) is 1.77. The first-order chi connectivity index (χ1) is 16.1. The molecule has 1 atom stereocenters. The molecule has 1 saturated carbocycles. The minimum atomic E-state index is -0.0252. The molecule has 0 aromatic carbocycles. The van der Waals surface area contributed by atoms with E-state index in [1.165, 1.54) is 0 Å². The molecule has 164 valence electrons. The second-order valence-electron chi connectivity index (χ2n) is 8.23. The first kappa shape index (κ1) is 20.8. The van der Waals surface area contributed by atoms with E-state index in [0.717, 1.165) is 36.8 Å². The van der Waals surface area contributed by atoms with Gasteiger partial charge in [0.15, 0.2) is 11.6 Å². The molecule has 3 aromatic rings. The predicted octanol–water partition coefficient (Wildman–Crippen LogP) is 2.31. The van der Waals surface area contributed by atoms with Crippen molar-refractivity contribution in [3.05, 3.63) is 47.4 Å². The zero-order valence-electron chi connectivity index (χ0n) is 18.2. The van der Waals surface area contributed by atoms with E-state index in [0.29, 0.717) is 35.0 Å². The second kappa shape index (κ2) is 8.81. The van der Waals surface area contributed by atoms with E-state index < -0.39 is 0 Å². The third-order valence-electron chi connectivity index (χ3n) is 5.88. The number of likely N-dealkylation sites (tertiary alicyclic amines) is 1. The number of hydrogen-bond acceptors (Lipinski definition) is 8. The summed E-state index contributed by atoms with van der Waals surface area (Å²) >= 11 is 0. The van der Waals surface area contributed by atoms with Gasteiger partial charge in [-0.2, -0.15) is 5.26 Å². The van der Waals surface area contributed by atoms with Gasteiger partial charge in [-0.15, -0.1) is 10.2 Å². The van der Waals surface area contributed by atoms with E-state index in [9.17, 15) is 4.79 Å². The van der Waals surface area contributed by atoms with Crippen LogP contribution >= 0.6 is 0 Å². The number of aromatic nitrogens is 4. The van der Waals surface area contributed by atoms with Gasteiger partial charge in [0.05, 0.1) is 17.7 Å². The molecule has 33 heavy (non-hydrogen) atoms. The van der Waals surface area contributed by atoms with E-state index in [4.69, 9.17) is 5.26 Å². The van der Waals surface area contributed by atoms with Gasteiger partial charge >= 0.3 is 0 Å². The number of hydrogen-bond donors (Lipinski definition) is 2. The maximum atomic E-state index is 12.1. The standard InChI is InChI=1S/C24H22N8O/c1-26-23-22-20(10-21(30-31-22)29-24(33)16-3-4-16)17(13-28-23)5-7-18-6-2-15(12-27-18)14-32-9-8-19(32)11-25/h2,6,10,12-13,16,19H,3-4,8-9,14H2,1H3,(H,26,28)(H,29,30,33)/t19-/m0/s1. The Hall–Kier alpha value is -4.08. The largest absolute Gasteiger partial charge is 0.371 e. The van der Waals surface area contributed by atoms with Gasteiger partial charge in [-0.1, -0.05) is 12.0 Å². The van der Waals surface area contributed by atoms with Crippen LogP contribution in [0.2, 0.25) is 0 Å². The topological polar surface area (TPSA) is 120 Å². The molecule has 0 unspecified atom stereocenters. The number of anilines is 2. The summed E-state index contributed by atoms with van der Waals surface area (Å²) in [5.74, 6) is 7.26. The van der Waals surface area contributed by atoms with E-state index in [1.807, 2.05) is 12.1 Å². The molecule has 0 spiro atoms. The molecule has 0 bridgehead atoms. The molecule has 1 amide bonds. The molecule has 1 aliphatic heterocycles. The van der Waals surface area contributed by atoms with Crippen LogP contribution in [0.1, 0.15) is 36.1 Å². The average Bonchev–Trinajstić information content (AvgIpc) is 3.67. The van der Waals surface area contributed by atoms with Crippen LogP contribution in [-0.4, -0.2) is 50.6 Å². The Labute approximate surface area is 191 Å². The van der Waals surface area contributed by atoms with Crippen molar-refractivity contribution in [1.82, 2.24) is 25.1 Å². The molecule has 3 aromatic heterocycles. The van der Waals surface area contributed by atoms with Crippen LogP contribution in [0.4, 0.5) is 11.6 Å². The van der Waals surface area contributed by atoms with E-state index in [1.54, 1.807) is 25.5 Å². The molecule has 9 heteroatoms. The summed E-state index contributed by atoms with van der Waals surface area (Å²) in [4.78, 5) is 23.1. The number of carbonyl (C=O) groups is 1. The average molecular weight is 438 g/mol. The predicted molar refractivity (Wildman–Crippen MR) is 123 cm³/mol. The number of nitrogens with zero attached hydrogens (tertiary/aromatic N) is 6. The maximum Gasteiger partial charge on any atom is 0.228 e. The fraction of sp³-hybridized carbons (Fsp3) is 0.333. The van der Waals surface area contributed by atoms with Crippen LogP contribution in [0.3, 0.4) is 0 Å². The molecule has 2 aliphatic rings. The van der Waals surface area contributed by atoms with Crippen molar-refractivity contribution >= 4 is 28.4 Å². The molecule has 2 fully saturated rings. The third kappa shape index (κ3) is 4.45. The molecular formula is C24H22N8O. The van der Waals surface area contributed by atoms with Gasteiger partial charge < -0.3 is 10.6 Å². The summed E-state index contributed by atoms with van der Waals surface area (Å²) in [6.45, 7) is 1.65. The Morgan fingerprint density at radius 2 is 2.06 bits per heavy atom. The summed E-state index contributed by atoms with van der Waals surface area (Å²) < 4.78 is 0.